The van der Waals surface area contributed by atoms with Crippen LogP contribution in [0.1, 0.15) is 13.3 Å². The van der Waals surface area contributed by atoms with Gasteiger partial charge in [0.1, 0.15) is 0 Å². The van der Waals surface area contributed by atoms with E-state index in [1.807, 2.05) is 6.92 Å². The highest BCUT2D eigenvalue weighted by atomic mass is 32.2. The van der Waals surface area contributed by atoms with Crippen LogP contribution in [0.5, 0.6) is 0 Å². The van der Waals surface area contributed by atoms with Gasteiger partial charge in [0, 0.05) is 11.2 Å². The van der Waals surface area contributed by atoms with E-state index in [9.17, 15) is 9.18 Å². The molecule has 0 aliphatic carbocycles. The van der Waals surface area contributed by atoms with Gasteiger partial charge in [0.15, 0.2) is 0 Å². The van der Waals surface area contributed by atoms with E-state index in [1.165, 1.54) is 0 Å². The zero-order valence-corrected chi connectivity index (χ0v) is 7.10. The number of halogens is 1. The average Bonchev–Trinajstić information content (AvgIpc) is 2.33. The number of thioether (sulfide) groups is 1. The normalized spacial score (nSPS) is 33.6. The maximum absolute atomic E-state index is 12.9. The van der Waals surface area contributed by atoms with Crippen LogP contribution in [0.2, 0.25) is 0 Å². The second kappa shape index (κ2) is 3.43. The summed E-state index contributed by atoms with van der Waals surface area (Å²) in [6.07, 6.45) is -0.973. The van der Waals surface area contributed by atoms with Gasteiger partial charge in [0.2, 0.25) is 6.17 Å². The molecule has 0 aromatic carbocycles. The van der Waals surface area contributed by atoms with Crippen LogP contribution >= 0.6 is 11.8 Å². The molecule has 1 fully saturated rings. The Morgan fingerprint density at radius 3 is 2.82 bits per heavy atom. The van der Waals surface area contributed by atoms with Crippen molar-refractivity contribution in [3.05, 3.63) is 0 Å². The van der Waals surface area contributed by atoms with Crippen molar-refractivity contribution in [3.63, 3.8) is 0 Å². The van der Waals surface area contributed by atoms with Gasteiger partial charge in [0.25, 0.3) is 0 Å². The van der Waals surface area contributed by atoms with E-state index in [2.05, 4.69) is 0 Å². The van der Waals surface area contributed by atoms with Crippen molar-refractivity contribution in [1.82, 2.24) is 0 Å². The number of rotatable bonds is 2. The summed E-state index contributed by atoms with van der Waals surface area (Å²) in [6.45, 7) is 1.89. The van der Waals surface area contributed by atoms with Crippen molar-refractivity contribution < 1.29 is 14.3 Å². The molecule has 3 unspecified atom stereocenters. The lowest BCUT2D eigenvalue weighted by atomic mass is 9.98. The molecule has 0 aromatic heterocycles. The van der Waals surface area contributed by atoms with Crippen LogP contribution in [0, 0.1) is 5.92 Å². The first-order chi connectivity index (χ1) is 5.13. The van der Waals surface area contributed by atoms with E-state index in [0.717, 1.165) is 5.75 Å². The average molecular weight is 178 g/mol. The molecule has 1 rings (SSSR count). The largest absolute Gasteiger partial charge is 0.479 e. The number of aliphatic carboxylic acids is 1. The fourth-order valence-corrected chi connectivity index (χ4v) is 2.62. The van der Waals surface area contributed by atoms with Gasteiger partial charge >= 0.3 is 5.97 Å². The molecule has 64 valence electrons. The van der Waals surface area contributed by atoms with Gasteiger partial charge < -0.3 is 5.11 Å². The summed E-state index contributed by atoms with van der Waals surface area (Å²) >= 11 is 1.65. The van der Waals surface area contributed by atoms with Crippen LogP contribution in [-0.2, 0) is 4.79 Å². The van der Waals surface area contributed by atoms with Gasteiger partial charge in [0.05, 0.1) is 0 Å². The topological polar surface area (TPSA) is 37.3 Å². The minimum Gasteiger partial charge on any atom is -0.479 e. The maximum Gasteiger partial charge on any atom is 0.338 e. The van der Waals surface area contributed by atoms with Gasteiger partial charge in [-0.15, -0.1) is 0 Å². The standard InChI is InChI=1S/C7H11FO2S/c1-4-5(2-3-11-4)6(8)7(9)10/h4-6H,2-3H2,1H3,(H,9,10). The summed E-state index contributed by atoms with van der Waals surface area (Å²) in [7, 11) is 0. The monoisotopic (exact) mass is 178 g/mol. The number of hydrogen-bond donors (Lipinski definition) is 1. The summed E-state index contributed by atoms with van der Waals surface area (Å²) < 4.78 is 12.9. The lowest BCUT2D eigenvalue weighted by Gasteiger charge is -2.14. The number of hydrogen-bond acceptors (Lipinski definition) is 2. The van der Waals surface area contributed by atoms with Gasteiger partial charge in [-0.2, -0.15) is 11.8 Å². The first kappa shape index (κ1) is 8.84. The summed E-state index contributed by atoms with van der Waals surface area (Å²) in [5.74, 6) is -0.707. The smallest absolute Gasteiger partial charge is 0.338 e. The predicted octanol–water partition coefficient (Wildman–Crippen LogP) is 1.55. The Kier molecular flexibility index (Phi) is 2.76. The van der Waals surface area contributed by atoms with Crippen molar-refractivity contribution in [2.24, 2.45) is 5.92 Å². The first-order valence-corrected chi connectivity index (χ1v) is 4.66. The SMILES string of the molecule is CC1SCCC1C(F)C(=O)O. The molecule has 1 heterocycles. The molecule has 4 heteroatoms. The quantitative estimate of drug-likeness (QED) is 0.697. The number of carboxylic acid groups (broad SMARTS) is 1. The van der Waals surface area contributed by atoms with E-state index >= 15 is 0 Å². The maximum atomic E-state index is 12.9. The van der Waals surface area contributed by atoms with Crippen molar-refractivity contribution in [1.29, 1.82) is 0 Å². The van der Waals surface area contributed by atoms with E-state index in [1.54, 1.807) is 11.8 Å². The Morgan fingerprint density at radius 1 is 1.82 bits per heavy atom. The summed E-state index contributed by atoms with van der Waals surface area (Å²) in [6, 6.07) is 0. The molecule has 0 aromatic rings. The minimum absolute atomic E-state index is 0.154. The summed E-state index contributed by atoms with van der Waals surface area (Å²) in [5.41, 5.74) is 0. The second-order valence-electron chi connectivity index (χ2n) is 2.77. The fraction of sp³-hybridized carbons (Fsp3) is 0.857. The minimum atomic E-state index is -1.67. The number of carboxylic acids is 1. The van der Waals surface area contributed by atoms with E-state index in [0.29, 0.717) is 6.42 Å². The molecular formula is C7H11FO2S. The third-order valence-corrected chi connectivity index (χ3v) is 3.39. The molecule has 0 saturated carbocycles. The van der Waals surface area contributed by atoms with Gasteiger partial charge in [-0.25, -0.2) is 9.18 Å². The molecule has 0 bridgehead atoms. The zero-order valence-electron chi connectivity index (χ0n) is 6.29. The molecule has 0 amide bonds. The molecular weight excluding hydrogens is 167 g/mol. The van der Waals surface area contributed by atoms with Crippen LogP contribution < -0.4 is 0 Å². The Morgan fingerprint density at radius 2 is 2.45 bits per heavy atom. The lowest BCUT2D eigenvalue weighted by molar-refractivity contribution is -0.144. The van der Waals surface area contributed by atoms with Crippen LogP contribution in [0.15, 0.2) is 0 Å². The predicted molar refractivity (Wildman–Crippen MR) is 42.6 cm³/mol. The highest BCUT2D eigenvalue weighted by Gasteiger charge is 2.35. The molecule has 0 radical (unpaired) electrons. The Labute approximate surface area is 69.2 Å². The molecule has 1 saturated heterocycles. The fourth-order valence-electron chi connectivity index (χ4n) is 1.32. The van der Waals surface area contributed by atoms with Gasteiger partial charge in [-0.05, 0) is 12.2 Å². The van der Waals surface area contributed by atoms with Gasteiger partial charge in [-0.1, -0.05) is 6.92 Å². The summed E-state index contributed by atoms with van der Waals surface area (Å²) in [4.78, 5) is 10.2. The van der Waals surface area contributed by atoms with Crippen molar-refractivity contribution >= 4 is 17.7 Å². The van der Waals surface area contributed by atoms with Crippen LogP contribution in [-0.4, -0.2) is 28.3 Å². The molecule has 3 atom stereocenters. The van der Waals surface area contributed by atoms with E-state index in [-0.39, 0.29) is 11.2 Å². The Hall–Kier alpha value is -0.250. The van der Waals surface area contributed by atoms with Crippen LogP contribution in [0.25, 0.3) is 0 Å². The summed E-state index contributed by atoms with van der Waals surface area (Å²) in [5, 5.41) is 8.53. The molecule has 2 nitrogen and oxygen atoms in total. The number of alkyl halides is 1. The van der Waals surface area contributed by atoms with E-state index in [4.69, 9.17) is 5.11 Å². The molecule has 11 heavy (non-hydrogen) atoms. The first-order valence-electron chi connectivity index (χ1n) is 3.61. The van der Waals surface area contributed by atoms with Crippen molar-refractivity contribution in [2.75, 3.05) is 5.75 Å². The van der Waals surface area contributed by atoms with Crippen LogP contribution in [0.3, 0.4) is 0 Å². The van der Waals surface area contributed by atoms with Gasteiger partial charge in [-0.3, -0.25) is 0 Å². The van der Waals surface area contributed by atoms with E-state index < -0.39 is 12.1 Å². The number of carbonyl (C=O) groups is 1. The highest BCUT2D eigenvalue weighted by Crippen LogP contribution is 2.35. The zero-order chi connectivity index (χ0) is 8.43. The van der Waals surface area contributed by atoms with Crippen molar-refractivity contribution in [3.8, 4) is 0 Å². The third-order valence-electron chi connectivity index (χ3n) is 2.05. The lowest BCUT2D eigenvalue weighted by Crippen LogP contribution is -2.28. The molecule has 1 N–H and O–H groups in total. The molecule has 1 aliphatic heterocycles. The Bertz CT molecular complexity index is 163. The highest BCUT2D eigenvalue weighted by molar-refractivity contribution is 8.00. The van der Waals surface area contributed by atoms with Crippen LogP contribution in [0.4, 0.5) is 4.39 Å². The molecule has 0 spiro atoms. The Balaban J connectivity index is 2.52. The molecule has 1 aliphatic rings. The third kappa shape index (κ3) is 1.86. The van der Waals surface area contributed by atoms with Crippen molar-refractivity contribution in [2.45, 2.75) is 24.8 Å². The second-order valence-corrected chi connectivity index (χ2v) is 4.25.